The summed E-state index contributed by atoms with van der Waals surface area (Å²) in [6, 6.07) is 16.8. The summed E-state index contributed by atoms with van der Waals surface area (Å²) in [5, 5.41) is 13.3. The highest BCUT2D eigenvalue weighted by atomic mass is 16.4. The molecule has 0 saturated carbocycles. The fourth-order valence-electron chi connectivity index (χ4n) is 3.49. The molecule has 0 atom stereocenters. The molecule has 27 heavy (non-hydrogen) atoms. The molecule has 0 unspecified atom stereocenters. The van der Waals surface area contributed by atoms with E-state index in [9.17, 15) is 14.7 Å². The molecule has 1 fully saturated rings. The van der Waals surface area contributed by atoms with E-state index in [1.54, 1.807) is 6.07 Å². The van der Waals surface area contributed by atoms with Gasteiger partial charge in [-0.05, 0) is 17.7 Å². The van der Waals surface area contributed by atoms with E-state index < -0.39 is 5.97 Å². The number of fused-ring (bicyclic) bond motifs is 1. The largest absolute Gasteiger partial charge is 0.478 e. The molecule has 2 N–H and O–H groups in total. The molecular weight excluding hydrogens is 342 g/mol. The van der Waals surface area contributed by atoms with Crippen molar-refractivity contribution in [2.24, 2.45) is 0 Å². The minimum absolute atomic E-state index is 0.00978. The van der Waals surface area contributed by atoms with Gasteiger partial charge in [0.25, 0.3) is 0 Å². The predicted molar refractivity (Wildman–Crippen MR) is 102 cm³/mol. The standard InChI is InChI=1S/C21H19N3O3/c25-19-13-24(10-9-22-19)12-15-7-4-8-17-20(15)16(21(26)27)11-18(23-17)14-5-2-1-3-6-14/h1-8,11H,9-10,12-13H2,(H,22,25)(H,26,27). The number of carboxylic acid groups (broad SMARTS) is 1. The first-order valence-electron chi connectivity index (χ1n) is 8.82. The Balaban J connectivity index is 1.82. The van der Waals surface area contributed by atoms with Crippen LogP contribution in [0.3, 0.4) is 0 Å². The highest BCUT2D eigenvalue weighted by Crippen LogP contribution is 2.28. The van der Waals surface area contributed by atoms with Gasteiger partial charge in [-0.3, -0.25) is 9.69 Å². The highest BCUT2D eigenvalue weighted by molar-refractivity contribution is 6.05. The maximum atomic E-state index is 12.0. The zero-order valence-corrected chi connectivity index (χ0v) is 14.7. The fourth-order valence-corrected chi connectivity index (χ4v) is 3.49. The minimum atomic E-state index is -0.983. The van der Waals surface area contributed by atoms with Crippen molar-refractivity contribution in [1.29, 1.82) is 0 Å². The smallest absolute Gasteiger partial charge is 0.336 e. The van der Waals surface area contributed by atoms with Crippen LogP contribution in [-0.4, -0.2) is 46.5 Å². The fraction of sp³-hybridized carbons (Fsp3) is 0.190. The second-order valence-corrected chi connectivity index (χ2v) is 6.60. The van der Waals surface area contributed by atoms with Gasteiger partial charge in [-0.25, -0.2) is 9.78 Å². The van der Waals surface area contributed by atoms with Crippen molar-refractivity contribution < 1.29 is 14.7 Å². The Kier molecular flexibility index (Phi) is 4.56. The van der Waals surface area contributed by atoms with Gasteiger partial charge in [0.1, 0.15) is 0 Å². The Morgan fingerprint density at radius 1 is 1.15 bits per heavy atom. The number of hydrogen-bond donors (Lipinski definition) is 2. The van der Waals surface area contributed by atoms with Gasteiger partial charge in [-0.1, -0.05) is 42.5 Å². The third-order valence-corrected chi connectivity index (χ3v) is 4.73. The van der Waals surface area contributed by atoms with Crippen LogP contribution >= 0.6 is 0 Å². The molecular formula is C21H19N3O3. The Morgan fingerprint density at radius 2 is 1.96 bits per heavy atom. The van der Waals surface area contributed by atoms with Gasteiger partial charge in [0.15, 0.2) is 0 Å². The van der Waals surface area contributed by atoms with Crippen LogP contribution in [-0.2, 0) is 11.3 Å². The highest BCUT2D eigenvalue weighted by Gasteiger charge is 2.20. The lowest BCUT2D eigenvalue weighted by atomic mass is 9.99. The van der Waals surface area contributed by atoms with Gasteiger partial charge in [-0.2, -0.15) is 0 Å². The lowest BCUT2D eigenvalue weighted by molar-refractivity contribution is -0.124. The molecule has 6 heteroatoms. The number of amides is 1. The lowest BCUT2D eigenvalue weighted by Gasteiger charge is -2.27. The van der Waals surface area contributed by atoms with E-state index in [4.69, 9.17) is 4.98 Å². The third kappa shape index (κ3) is 3.52. The van der Waals surface area contributed by atoms with Crippen LogP contribution in [0.2, 0.25) is 0 Å². The van der Waals surface area contributed by atoms with Crippen molar-refractivity contribution in [2.75, 3.05) is 19.6 Å². The number of rotatable bonds is 4. The zero-order chi connectivity index (χ0) is 18.8. The van der Waals surface area contributed by atoms with Crippen LogP contribution in [0.25, 0.3) is 22.2 Å². The van der Waals surface area contributed by atoms with E-state index >= 15 is 0 Å². The average Bonchev–Trinajstić information content (AvgIpc) is 2.68. The normalized spacial score (nSPS) is 14.9. The molecule has 0 radical (unpaired) electrons. The molecule has 4 rings (SSSR count). The Hall–Kier alpha value is -3.25. The number of benzene rings is 2. The first-order valence-corrected chi connectivity index (χ1v) is 8.82. The molecule has 2 aromatic carbocycles. The van der Waals surface area contributed by atoms with Gasteiger partial charge < -0.3 is 10.4 Å². The van der Waals surface area contributed by atoms with E-state index in [0.29, 0.717) is 36.2 Å². The summed E-state index contributed by atoms with van der Waals surface area (Å²) in [5.41, 5.74) is 3.25. The second-order valence-electron chi connectivity index (χ2n) is 6.60. The summed E-state index contributed by atoms with van der Waals surface area (Å²) in [6.07, 6.45) is 0. The topological polar surface area (TPSA) is 82.5 Å². The van der Waals surface area contributed by atoms with Gasteiger partial charge >= 0.3 is 5.97 Å². The molecule has 3 aromatic rings. The van der Waals surface area contributed by atoms with Crippen molar-refractivity contribution in [3.8, 4) is 11.3 Å². The third-order valence-electron chi connectivity index (χ3n) is 4.73. The number of pyridine rings is 1. The number of carbonyl (C=O) groups is 2. The van der Waals surface area contributed by atoms with Crippen LogP contribution in [0, 0.1) is 0 Å². The van der Waals surface area contributed by atoms with E-state index in [1.165, 1.54) is 0 Å². The number of carboxylic acids is 1. The maximum absolute atomic E-state index is 12.0. The van der Waals surface area contributed by atoms with E-state index in [1.807, 2.05) is 53.4 Å². The van der Waals surface area contributed by atoms with Crippen LogP contribution in [0.1, 0.15) is 15.9 Å². The van der Waals surface area contributed by atoms with E-state index in [0.717, 1.165) is 17.7 Å². The molecule has 1 aliphatic rings. The van der Waals surface area contributed by atoms with Crippen LogP contribution in [0.5, 0.6) is 0 Å². The van der Waals surface area contributed by atoms with Crippen molar-refractivity contribution in [1.82, 2.24) is 15.2 Å². The molecule has 1 aromatic heterocycles. The number of hydrogen-bond acceptors (Lipinski definition) is 4. The van der Waals surface area contributed by atoms with Crippen LogP contribution in [0.4, 0.5) is 0 Å². The summed E-state index contributed by atoms with van der Waals surface area (Å²) in [6.45, 7) is 2.16. The number of nitrogens with one attached hydrogen (secondary N) is 1. The molecule has 1 saturated heterocycles. The number of nitrogens with zero attached hydrogens (tertiary/aromatic N) is 2. The Morgan fingerprint density at radius 3 is 2.70 bits per heavy atom. The van der Waals surface area contributed by atoms with Crippen molar-refractivity contribution in [3.63, 3.8) is 0 Å². The summed E-state index contributed by atoms with van der Waals surface area (Å²) in [4.78, 5) is 30.3. The first kappa shape index (κ1) is 17.2. The minimum Gasteiger partial charge on any atom is -0.478 e. The molecule has 1 amide bonds. The average molecular weight is 361 g/mol. The molecule has 0 bridgehead atoms. The SMILES string of the molecule is O=C1CN(Cc2cccc3nc(-c4ccccc4)cc(C(=O)O)c23)CCN1. The van der Waals surface area contributed by atoms with Gasteiger partial charge in [0.05, 0.1) is 23.3 Å². The number of aromatic carboxylic acids is 1. The van der Waals surface area contributed by atoms with E-state index in [-0.39, 0.29) is 11.5 Å². The van der Waals surface area contributed by atoms with E-state index in [2.05, 4.69) is 5.32 Å². The van der Waals surface area contributed by atoms with Crippen molar-refractivity contribution in [3.05, 3.63) is 65.7 Å². The zero-order valence-electron chi connectivity index (χ0n) is 14.7. The Bertz CT molecular complexity index is 1020. The van der Waals surface area contributed by atoms with Gasteiger partial charge in [-0.15, -0.1) is 0 Å². The first-order chi connectivity index (χ1) is 13.1. The predicted octanol–water partition coefficient (Wildman–Crippen LogP) is 2.53. The number of carbonyl (C=O) groups excluding carboxylic acids is 1. The summed E-state index contributed by atoms with van der Waals surface area (Å²) in [5.74, 6) is -0.993. The quantitative estimate of drug-likeness (QED) is 0.746. The molecule has 0 aliphatic carbocycles. The maximum Gasteiger partial charge on any atom is 0.336 e. The van der Waals surface area contributed by atoms with Crippen LogP contribution in [0.15, 0.2) is 54.6 Å². The van der Waals surface area contributed by atoms with Gasteiger partial charge in [0.2, 0.25) is 5.91 Å². The van der Waals surface area contributed by atoms with Gasteiger partial charge in [0, 0.05) is 30.6 Å². The second kappa shape index (κ2) is 7.17. The monoisotopic (exact) mass is 361 g/mol. The van der Waals surface area contributed by atoms with Crippen molar-refractivity contribution in [2.45, 2.75) is 6.54 Å². The Labute approximate surface area is 156 Å². The molecule has 6 nitrogen and oxygen atoms in total. The summed E-state index contributed by atoms with van der Waals surface area (Å²) in [7, 11) is 0. The molecule has 136 valence electrons. The number of piperazine rings is 1. The van der Waals surface area contributed by atoms with Crippen molar-refractivity contribution >= 4 is 22.8 Å². The molecule has 0 spiro atoms. The molecule has 1 aliphatic heterocycles. The molecule has 2 heterocycles. The summed E-state index contributed by atoms with van der Waals surface area (Å²) >= 11 is 0. The lowest BCUT2D eigenvalue weighted by Crippen LogP contribution is -2.47. The van der Waals surface area contributed by atoms with Crippen LogP contribution < -0.4 is 5.32 Å². The number of aromatic nitrogens is 1. The summed E-state index contributed by atoms with van der Waals surface area (Å²) < 4.78 is 0.